The summed E-state index contributed by atoms with van der Waals surface area (Å²) in [4.78, 5) is 5.39. The maximum Gasteiger partial charge on any atom is 0.135 e. The summed E-state index contributed by atoms with van der Waals surface area (Å²) >= 11 is 0. The van der Waals surface area contributed by atoms with Crippen molar-refractivity contribution in [1.29, 1.82) is 0 Å². The monoisotopic (exact) mass is 693 g/mol. The van der Waals surface area contributed by atoms with Gasteiger partial charge in [-0.1, -0.05) is 153 Å². The summed E-state index contributed by atoms with van der Waals surface area (Å²) in [7, 11) is 0. The molecule has 2 nitrogen and oxygen atoms in total. The predicted octanol–water partition coefficient (Wildman–Crippen LogP) is 13.9. The fourth-order valence-electron chi connectivity index (χ4n) is 8.60. The summed E-state index contributed by atoms with van der Waals surface area (Å²) in [5.74, 6) is 0. The van der Waals surface area contributed by atoms with E-state index in [1.165, 1.54) is 55.6 Å². The average molecular weight is 694 g/mol. The molecule has 0 bridgehead atoms. The van der Waals surface area contributed by atoms with Gasteiger partial charge in [0.05, 0.1) is 11.4 Å². The molecule has 54 heavy (non-hydrogen) atoms. The Morgan fingerprint density at radius 1 is 0.500 bits per heavy atom. The second-order valence-electron chi connectivity index (χ2n) is 15.0. The highest BCUT2D eigenvalue weighted by Gasteiger charge is 2.37. The zero-order valence-electron chi connectivity index (χ0n) is 30.5. The number of benzene rings is 7. The average Bonchev–Trinajstić information content (AvgIpc) is 3.70. The molecular formula is C52H39NO. The highest BCUT2D eigenvalue weighted by molar-refractivity contribution is 6.14. The van der Waals surface area contributed by atoms with E-state index in [9.17, 15) is 0 Å². The van der Waals surface area contributed by atoms with Crippen LogP contribution < -0.4 is 0 Å². The van der Waals surface area contributed by atoms with E-state index >= 15 is 0 Å². The number of rotatable bonds is 5. The molecule has 1 aliphatic heterocycles. The Kier molecular flexibility index (Phi) is 7.66. The lowest BCUT2D eigenvalue weighted by atomic mass is 9.81. The molecular weight excluding hydrogens is 655 g/mol. The van der Waals surface area contributed by atoms with Crippen LogP contribution in [-0.4, -0.2) is 5.71 Å². The minimum atomic E-state index is -0.124. The van der Waals surface area contributed by atoms with E-state index in [0.717, 1.165) is 57.3 Å². The van der Waals surface area contributed by atoms with Crippen LogP contribution in [0.4, 0.5) is 0 Å². The third-order valence-corrected chi connectivity index (χ3v) is 11.4. The molecule has 0 N–H and O–H groups in total. The Labute approximate surface area is 316 Å². The quantitative estimate of drug-likeness (QED) is 0.176. The van der Waals surface area contributed by atoms with Gasteiger partial charge in [-0.25, -0.2) is 4.99 Å². The minimum Gasteiger partial charge on any atom is -0.456 e. The van der Waals surface area contributed by atoms with Crippen LogP contribution in [-0.2, 0) is 5.41 Å². The molecule has 0 atom stereocenters. The lowest BCUT2D eigenvalue weighted by molar-refractivity contribution is 0.660. The molecule has 0 saturated heterocycles. The number of allylic oxidation sites excluding steroid dienone is 3. The first-order valence-corrected chi connectivity index (χ1v) is 18.9. The van der Waals surface area contributed by atoms with Gasteiger partial charge in [0.25, 0.3) is 0 Å². The van der Waals surface area contributed by atoms with E-state index in [-0.39, 0.29) is 5.41 Å². The number of nitrogens with zero attached hydrogens (tertiary/aromatic N) is 1. The van der Waals surface area contributed by atoms with Gasteiger partial charge in [-0.3, -0.25) is 0 Å². The largest absolute Gasteiger partial charge is 0.456 e. The molecule has 10 rings (SSSR count). The topological polar surface area (TPSA) is 25.5 Å². The van der Waals surface area contributed by atoms with Crippen LogP contribution in [0.15, 0.2) is 185 Å². The molecule has 0 saturated carbocycles. The first-order chi connectivity index (χ1) is 26.5. The smallest absolute Gasteiger partial charge is 0.135 e. The van der Waals surface area contributed by atoms with E-state index in [0.29, 0.717) is 0 Å². The van der Waals surface area contributed by atoms with E-state index in [1.807, 2.05) is 12.1 Å². The van der Waals surface area contributed by atoms with Crippen LogP contribution in [0.2, 0.25) is 0 Å². The summed E-state index contributed by atoms with van der Waals surface area (Å²) in [6.45, 7) is 4.72. The number of para-hydroxylation sites is 1. The summed E-state index contributed by atoms with van der Waals surface area (Å²) in [5.41, 5.74) is 18.7. The summed E-state index contributed by atoms with van der Waals surface area (Å²) in [6, 6.07) is 59.0. The van der Waals surface area contributed by atoms with E-state index in [2.05, 4.69) is 178 Å². The van der Waals surface area contributed by atoms with Gasteiger partial charge in [-0.05, 0) is 105 Å². The van der Waals surface area contributed by atoms with Gasteiger partial charge in [0, 0.05) is 27.3 Å². The highest BCUT2D eigenvalue weighted by Crippen LogP contribution is 2.53. The van der Waals surface area contributed by atoms with E-state index in [4.69, 9.17) is 9.41 Å². The molecule has 258 valence electrons. The molecule has 0 unspecified atom stereocenters. The van der Waals surface area contributed by atoms with Crippen molar-refractivity contribution in [3.63, 3.8) is 0 Å². The van der Waals surface area contributed by atoms with Gasteiger partial charge in [0.2, 0.25) is 0 Å². The van der Waals surface area contributed by atoms with Gasteiger partial charge >= 0.3 is 0 Å². The Bertz CT molecular complexity index is 2830. The molecule has 8 aromatic rings. The number of aliphatic imine (C=N–C) groups is 1. The molecule has 2 heteroatoms. The van der Waals surface area contributed by atoms with Crippen molar-refractivity contribution in [2.24, 2.45) is 4.99 Å². The minimum absolute atomic E-state index is 0.124. The summed E-state index contributed by atoms with van der Waals surface area (Å²) < 4.78 is 6.16. The zero-order chi connectivity index (χ0) is 36.2. The molecule has 0 amide bonds. The van der Waals surface area contributed by atoms with Crippen molar-refractivity contribution in [2.45, 2.75) is 32.1 Å². The lowest BCUT2D eigenvalue weighted by Gasteiger charge is -2.22. The first kappa shape index (κ1) is 32.2. The van der Waals surface area contributed by atoms with Crippen molar-refractivity contribution in [2.75, 3.05) is 0 Å². The molecule has 0 fully saturated rings. The Morgan fingerprint density at radius 3 is 2.04 bits per heavy atom. The number of hydrogen-bond donors (Lipinski definition) is 0. The summed E-state index contributed by atoms with van der Waals surface area (Å²) in [5, 5.41) is 2.30. The van der Waals surface area contributed by atoms with Crippen molar-refractivity contribution < 1.29 is 4.42 Å². The van der Waals surface area contributed by atoms with Crippen molar-refractivity contribution >= 4 is 38.9 Å². The Morgan fingerprint density at radius 2 is 1.19 bits per heavy atom. The molecule has 0 radical (unpaired) electrons. The van der Waals surface area contributed by atoms with E-state index in [1.54, 1.807) is 0 Å². The maximum absolute atomic E-state index is 6.16. The molecule has 7 aromatic carbocycles. The van der Waals surface area contributed by atoms with Gasteiger partial charge in [-0.15, -0.1) is 0 Å². The third-order valence-electron chi connectivity index (χ3n) is 11.4. The van der Waals surface area contributed by atoms with Crippen LogP contribution in [0.1, 0.15) is 54.5 Å². The van der Waals surface area contributed by atoms with Crippen LogP contribution in [0.25, 0.3) is 66.6 Å². The number of hydrogen-bond acceptors (Lipinski definition) is 2. The Hall–Kier alpha value is -6.51. The predicted molar refractivity (Wildman–Crippen MR) is 227 cm³/mol. The fourth-order valence-corrected chi connectivity index (χ4v) is 8.60. The van der Waals surface area contributed by atoms with Gasteiger partial charge in [-0.2, -0.15) is 0 Å². The Balaban J connectivity index is 1.07. The van der Waals surface area contributed by atoms with Crippen LogP contribution in [0.5, 0.6) is 0 Å². The lowest BCUT2D eigenvalue weighted by Crippen LogP contribution is -2.14. The standard InChI is InChI=1S/C52H39NO/c1-52(2)45-28-26-37(38-27-29-50-43(31-38)42-21-9-10-25-49(42)54-50)32-44(45)51-41(22-13-23-46(51)52)39-19-11-20-40(30-39)47-24-12-18-36(34-14-5-3-6-15-34)33-48(53-47)35-16-7-4-8-17-35/h3-11,13-17,19-33H,12,18H2,1-2H3/b36-33+,47-24-,53-48-. The van der Waals surface area contributed by atoms with Crippen LogP contribution in [0.3, 0.4) is 0 Å². The molecule has 2 aliphatic rings. The van der Waals surface area contributed by atoms with Gasteiger partial charge in [0.15, 0.2) is 0 Å². The third kappa shape index (κ3) is 5.45. The normalized spacial score (nSPS) is 17.7. The van der Waals surface area contributed by atoms with Crippen molar-refractivity contribution in [3.8, 4) is 33.4 Å². The zero-order valence-corrected chi connectivity index (χ0v) is 30.5. The first-order valence-electron chi connectivity index (χ1n) is 18.9. The second-order valence-corrected chi connectivity index (χ2v) is 15.0. The second kappa shape index (κ2) is 12.9. The SMILES string of the molecule is CC1(C)c2ccc(-c3ccc4oc5ccccc5c4c3)cc2-c2c(-c3cccc(C4=C\CC\C(c5ccccc5)=C/C(c5ccccc5)=N/4)c3)cccc21. The highest BCUT2D eigenvalue weighted by atomic mass is 16.3. The van der Waals surface area contributed by atoms with Crippen LogP contribution >= 0.6 is 0 Å². The van der Waals surface area contributed by atoms with Gasteiger partial charge in [0.1, 0.15) is 11.2 Å². The van der Waals surface area contributed by atoms with Gasteiger partial charge < -0.3 is 4.42 Å². The maximum atomic E-state index is 6.16. The molecule has 1 aromatic heterocycles. The van der Waals surface area contributed by atoms with Crippen molar-refractivity contribution in [3.05, 3.63) is 204 Å². The number of furan rings is 1. The summed E-state index contributed by atoms with van der Waals surface area (Å²) in [6.07, 6.45) is 6.47. The van der Waals surface area contributed by atoms with Crippen molar-refractivity contribution in [1.82, 2.24) is 0 Å². The fraction of sp³-hybridized carbons (Fsp3) is 0.0962. The molecule has 2 heterocycles. The number of fused-ring (bicyclic) bond motifs is 6. The van der Waals surface area contributed by atoms with E-state index < -0.39 is 0 Å². The molecule has 1 aliphatic carbocycles. The molecule has 0 spiro atoms. The van der Waals surface area contributed by atoms with Crippen LogP contribution in [0, 0.1) is 0 Å².